The highest BCUT2D eigenvalue weighted by atomic mass is 35.5. The van der Waals surface area contributed by atoms with Crippen molar-refractivity contribution < 1.29 is 14.3 Å². The first-order valence-electron chi connectivity index (χ1n) is 5.48. The van der Waals surface area contributed by atoms with Gasteiger partial charge in [0.05, 0.1) is 6.61 Å². The van der Waals surface area contributed by atoms with E-state index in [1.54, 1.807) is 6.92 Å². The van der Waals surface area contributed by atoms with Gasteiger partial charge in [-0.25, -0.2) is 4.79 Å². The summed E-state index contributed by atoms with van der Waals surface area (Å²) >= 11 is 5.79. The second kappa shape index (κ2) is 8.72. The smallest absolute Gasteiger partial charge is 0.376 e. The monoisotopic (exact) mass is 234 g/mol. The quantitative estimate of drug-likeness (QED) is 0.281. The molecule has 0 N–H and O–H groups in total. The van der Waals surface area contributed by atoms with Crippen molar-refractivity contribution in [3.05, 3.63) is 0 Å². The lowest BCUT2D eigenvalue weighted by Crippen LogP contribution is -2.26. The van der Waals surface area contributed by atoms with E-state index in [1.807, 2.05) is 0 Å². The van der Waals surface area contributed by atoms with Crippen molar-refractivity contribution in [1.82, 2.24) is 0 Å². The van der Waals surface area contributed by atoms with Crippen molar-refractivity contribution in [2.45, 2.75) is 51.3 Å². The van der Waals surface area contributed by atoms with E-state index in [1.165, 1.54) is 0 Å². The average Bonchev–Trinajstić information content (AvgIpc) is 2.23. The van der Waals surface area contributed by atoms with Crippen molar-refractivity contribution in [3.8, 4) is 0 Å². The van der Waals surface area contributed by atoms with E-state index < -0.39 is 17.1 Å². The second-order valence-electron chi connectivity index (χ2n) is 3.40. The number of unbranched alkanes of at least 4 members (excludes halogenated alkanes) is 3. The van der Waals surface area contributed by atoms with Gasteiger partial charge in [-0.1, -0.05) is 32.6 Å². The number of Topliss-reactive ketones (excluding diaryl/α,β-unsaturated/α-hetero) is 1. The maximum Gasteiger partial charge on any atom is 0.376 e. The number of rotatable bonds is 8. The van der Waals surface area contributed by atoms with Crippen molar-refractivity contribution in [3.63, 3.8) is 0 Å². The van der Waals surface area contributed by atoms with Crippen LogP contribution in [0.25, 0.3) is 0 Å². The van der Waals surface area contributed by atoms with E-state index in [0.717, 1.165) is 25.7 Å². The minimum absolute atomic E-state index is 0.212. The summed E-state index contributed by atoms with van der Waals surface area (Å²) in [6, 6.07) is 0. The molecule has 3 nitrogen and oxygen atoms in total. The van der Waals surface area contributed by atoms with Gasteiger partial charge < -0.3 is 4.74 Å². The molecule has 0 radical (unpaired) electrons. The van der Waals surface area contributed by atoms with Crippen LogP contribution in [0.3, 0.4) is 0 Å². The Morgan fingerprint density at radius 2 is 1.87 bits per heavy atom. The van der Waals surface area contributed by atoms with Crippen molar-refractivity contribution >= 4 is 23.4 Å². The van der Waals surface area contributed by atoms with Crippen LogP contribution in [0.15, 0.2) is 0 Å². The Balaban J connectivity index is 3.73. The van der Waals surface area contributed by atoms with Crippen LogP contribution in [-0.2, 0) is 14.3 Å². The zero-order valence-corrected chi connectivity index (χ0v) is 10.2. The Morgan fingerprint density at radius 1 is 1.20 bits per heavy atom. The van der Waals surface area contributed by atoms with Gasteiger partial charge in [-0.05, 0) is 13.3 Å². The van der Waals surface area contributed by atoms with E-state index in [9.17, 15) is 9.59 Å². The highest BCUT2D eigenvalue weighted by molar-refractivity contribution is 6.47. The summed E-state index contributed by atoms with van der Waals surface area (Å²) < 4.78 is 4.58. The van der Waals surface area contributed by atoms with Crippen LogP contribution in [0.2, 0.25) is 0 Å². The number of alkyl halides is 1. The molecule has 0 aliphatic carbocycles. The van der Waals surface area contributed by atoms with Crippen LogP contribution < -0.4 is 0 Å². The highest BCUT2D eigenvalue weighted by Gasteiger charge is 2.23. The first-order valence-corrected chi connectivity index (χ1v) is 5.92. The molecule has 0 fully saturated rings. The van der Waals surface area contributed by atoms with Crippen LogP contribution in [-0.4, -0.2) is 23.7 Å². The molecule has 88 valence electrons. The van der Waals surface area contributed by atoms with Gasteiger partial charge >= 0.3 is 5.97 Å². The Kier molecular flexibility index (Phi) is 8.38. The van der Waals surface area contributed by atoms with Crippen LogP contribution in [0, 0.1) is 0 Å². The standard InChI is InChI=1S/C11H19ClO3/c1-3-5-6-7-8-9(12)10(13)11(14)15-4-2/h9H,3-8H2,1-2H3. The first kappa shape index (κ1) is 14.4. The third kappa shape index (κ3) is 6.50. The molecule has 0 heterocycles. The van der Waals surface area contributed by atoms with Gasteiger partial charge in [-0.15, -0.1) is 11.6 Å². The molecule has 0 bridgehead atoms. The molecular formula is C11H19ClO3. The van der Waals surface area contributed by atoms with Crippen molar-refractivity contribution in [2.24, 2.45) is 0 Å². The molecule has 0 amide bonds. The molecule has 0 rings (SSSR count). The number of carbonyl (C=O) groups excluding carboxylic acids is 2. The number of hydrogen-bond donors (Lipinski definition) is 0. The molecule has 0 spiro atoms. The Bertz CT molecular complexity index is 204. The highest BCUT2D eigenvalue weighted by Crippen LogP contribution is 2.11. The maximum atomic E-state index is 11.3. The zero-order valence-electron chi connectivity index (χ0n) is 9.42. The molecule has 0 aromatic heterocycles. The number of ketones is 1. The topological polar surface area (TPSA) is 43.4 Å². The van der Waals surface area contributed by atoms with Crippen LogP contribution in [0.4, 0.5) is 0 Å². The number of esters is 1. The van der Waals surface area contributed by atoms with E-state index in [-0.39, 0.29) is 6.61 Å². The fraction of sp³-hybridized carbons (Fsp3) is 0.818. The van der Waals surface area contributed by atoms with Gasteiger partial charge in [-0.3, -0.25) is 4.79 Å². The lowest BCUT2D eigenvalue weighted by Gasteiger charge is -2.07. The van der Waals surface area contributed by atoms with Crippen LogP contribution in [0.1, 0.15) is 46.0 Å². The molecule has 1 atom stereocenters. The Morgan fingerprint density at radius 3 is 2.40 bits per heavy atom. The number of ether oxygens (including phenoxy) is 1. The number of carbonyl (C=O) groups is 2. The molecular weight excluding hydrogens is 216 g/mol. The Hall–Kier alpha value is -0.570. The predicted molar refractivity (Wildman–Crippen MR) is 60.0 cm³/mol. The van der Waals surface area contributed by atoms with Crippen molar-refractivity contribution in [2.75, 3.05) is 6.61 Å². The van der Waals surface area contributed by atoms with Gasteiger partial charge in [-0.2, -0.15) is 0 Å². The average molecular weight is 235 g/mol. The van der Waals surface area contributed by atoms with Crippen molar-refractivity contribution in [1.29, 1.82) is 0 Å². The molecule has 0 aliphatic heterocycles. The Labute approximate surface area is 96.1 Å². The first-order chi connectivity index (χ1) is 7.13. The maximum absolute atomic E-state index is 11.3. The molecule has 0 saturated heterocycles. The molecule has 0 aliphatic rings. The minimum Gasteiger partial charge on any atom is -0.460 e. The molecule has 0 aromatic carbocycles. The van der Waals surface area contributed by atoms with Gasteiger partial charge in [0.1, 0.15) is 5.38 Å². The summed E-state index contributed by atoms with van der Waals surface area (Å²) in [6.07, 6.45) is 4.76. The minimum atomic E-state index is -0.812. The molecule has 1 unspecified atom stereocenters. The third-order valence-corrected chi connectivity index (χ3v) is 2.49. The van der Waals surface area contributed by atoms with E-state index in [0.29, 0.717) is 6.42 Å². The fourth-order valence-electron chi connectivity index (χ4n) is 1.21. The zero-order chi connectivity index (χ0) is 11.7. The summed E-state index contributed by atoms with van der Waals surface area (Å²) in [7, 11) is 0. The summed E-state index contributed by atoms with van der Waals surface area (Å²) in [5.74, 6) is -1.43. The van der Waals surface area contributed by atoms with Gasteiger partial charge in [0.2, 0.25) is 0 Å². The lowest BCUT2D eigenvalue weighted by atomic mass is 10.1. The molecule has 15 heavy (non-hydrogen) atoms. The number of hydrogen-bond acceptors (Lipinski definition) is 3. The molecule has 4 heteroatoms. The fourth-order valence-corrected chi connectivity index (χ4v) is 1.45. The summed E-state index contributed by atoms with van der Waals surface area (Å²) in [4.78, 5) is 22.3. The van der Waals surface area contributed by atoms with Gasteiger partial charge in [0.15, 0.2) is 0 Å². The van der Waals surface area contributed by atoms with E-state index in [4.69, 9.17) is 11.6 Å². The molecule has 0 aromatic rings. The second-order valence-corrected chi connectivity index (χ2v) is 3.93. The largest absolute Gasteiger partial charge is 0.460 e. The SMILES string of the molecule is CCCCCCC(Cl)C(=O)C(=O)OCC. The van der Waals surface area contributed by atoms with Gasteiger partial charge in [0, 0.05) is 0 Å². The van der Waals surface area contributed by atoms with Gasteiger partial charge in [0.25, 0.3) is 5.78 Å². The van der Waals surface area contributed by atoms with E-state index >= 15 is 0 Å². The van der Waals surface area contributed by atoms with E-state index in [2.05, 4.69) is 11.7 Å². The third-order valence-electron chi connectivity index (χ3n) is 2.07. The van der Waals surface area contributed by atoms with Crippen LogP contribution >= 0.6 is 11.6 Å². The number of halogens is 1. The summed E-state index contributed by atoms with van der Waals surface area (Å²) in [5.41, 5.74) is 0. The normalized spacial score (nSPS) is 12.2. The van der Waals surface area contributed by atoms with Crippen LogP contribution in [0.5, 0.6) is 0 Å². The summed E-state index contributed by atoms with van der Waals surface area (Å²) in [5, 5.41) is -0.721. The molecule has 0 saturated carbocycles. The predicted octanol–water partition coefficient (Wildman–Crippen LogP) is 2.70. The lowest BCUT2D eigenvalue weighted by molar-refractivity contribution is -0.153. The summed E-state index contributed by atoms with van der Waals surface area (Å²) in [6.45, 7) is 3.99.